The van der Waals surface area contributed by atoms with Crippen molar-refractivity contribution in [3.8, 4) is 0 Å². The predicted octanol–water partition coefficient (Wildman–Crippen LogP) is 1.97. The quantitative estimate of drug-likeness (QED) is 0.635. The molecule has 1 unspecified atom stereocenters. The summed E-state index contributed by atoms with van der Waals surface area (Å²) in [5.41, 5.74) is 0. The maximum Gasteiger partial charge on any atom is 0.151 e. The molecular weight excluding hydrogens is 191 g/mol. The molecule has 0 spiro atoms. The molecule has 48 valence electrons. The Balaban J connectivity index is 3.33. The first-order chi connectivity index (χ1) is 3.68. The van der Waals surface area contributed by atoms with E-state index < -0.39 is 0 Å². The maximum atomic E-state index is 10.6. The van der Waals surface area contributed by atoms with Crippen LogP contribution in [0.3, 0.4) is 0 Å². The number of Topliss-reactive ketones (excluding diaryl/α,β-unsaturated/α-hetero) is 1. The van der Waals surface area contributed by atoms with Gasteiger partial charge in [-0.15, -0.1) is 11.6 Å². The average Bonchev–Trinajstić information content (AvgIpc) is 1.67. The normalized spacial score (nSPS) is 13.4. The van der Waals surface area contributed by atoms with Gasteiger partial charge in [-0.05, 0) is 6.92 Å². The van der Waals surface area contributed by atoms with Gasteiger partial charge >= 0.3 is 0 Å². The Labute approximate surface area is 62.5 Å². The van der Waals surface area contributed by atoms with Crippen molar-refractivity contribution < 1.29 is 4.79 Å². The smallest absolute Gasteiger partial charge is 0.151 e. The fraction of sp³-hybridized carbons (Fsp3) is 0.800. The molecule has 8 heavy (non-hydrogen) atoms. The largest absolute Gasteiger partial charge is 0.298 e. The van der Waals surface area contributed by atoms with Crippen LogP contribution in [-0.4, -0.2) is 16.5 Å². The average molecular weight is 199 g/mol. The van der Waals surface area contributed by atoms with Crippen LogP contribution >= 0.6 is 27.5 Å². The predicted molar refractivity (Wildman–Crippen MR) is 38.7 cm³/mol. The Morgan fingerprint density at radius 2 is 2.38 bits per heavy atom. The molecule has 0 amide bonds. The standard InChI is InChI=1S/C5H8BrClO/c1-4(7)5(8)2-3-6/h4H,2-3H2,1H3. The van der Waals surface area contributed by atoms with E-state index in [0.717, 1.165) is 0 Å². The minimum absolute atomic E-state index is 0.101. The van der Waals surface area contributed by atoms with Crippen molar-refractivity contribution in [1.29, 1.82) is 0 Å². The molecule has 0 radical (unpaired) electrons. The number of carbonyl (C=O) groups is 1. The third kappa shape index (κ3) is 3.44. The monoisotopic (exact) mass is 198 g/mol. The summed E-state index contributed by atoms with van der Waals surface area (Å²) in [5.74, 6) is 0.101. The van der Waals surface area contributed by atoms with Crippen molar-refractivity contribution in [1.82, 2.24) is 0 Å². The van der Waals surface area contributed by atoms with Crippen molar-refractivity contribution in [2.45, 2.75) is 18.7 Å². The lowest BCUT2D eigenvalue weighted by molar-refractivity contribution is -0.118. The first kappa shape index (κ1) is 8.44. The summed E-state index contributed by atoms with van der Waals surface area (Å²) in [4.78, 5) is 10.6. The molecule has 0 aromatic heterocycles. The van der Waals surface area contributed by atoms with E-state index in [2.05, 4.69) is 15.9 Å². The van der Waals surface area contributed by atoms with Crippen LogP contribution in [0.25, 0.3) is 0 Å². The van der Waals surface area contributed by atoms with Crippen molar-refractivity contribution in [2.75, 3.05) is 5.33 Å². The van der Waals surface area contributed by atoms with Crippen molar-refractivity contribution in [3.05, 3.63) is 0 Å². The van der Waals surface area contributed by atoms with Crippen molar-refractivity contribution in [3.63, 3.8) is 0 Å². The summed E-state index contributed by atoms with van der Waals surface area (Å²) >= 11 is 8.58. The number of hydrogen-bond acceptors (Lipinski definition) is 1. The van der Waals surface area contributed by atoms with Crippen LogP contribution in [0.15, 0.2) is 0 Å². The Morgan fingerprint density at radius 1 is 1.88 bits per heavy atom. The topological polar surface area (TPSA) is 17.1 Å². The van der Waals surface area contributed by atoms with Gasteiger partial charge in [-0.3, -0.25) is 4.79 Å². The van der Waals surface area contributed by atoms with Gasteiger partial charge in [0.25, 0.3) is 0 Å². The Morgan fingerprint density at radius 3 is 2.50 bits per heavy atom. The third-order valence-electron chi connectivity index (χ3n) is 0.785. The minimum Gasteiger partial charge on any atom is -0.298 e. The number of rotatable bonds is 3. The molecule has 0 aromatic rings. The second-order valence-corrected chi connectivity index (χ2v) is 2.97. The summed E-state index contributed by atoms with van der Waals surface area (Å²) < 4.78 is 0. The maximum absolute atomic E-state index is 10.6. The van der Waals surface area contributed by atoms with Gasteiger partial charge < -0.3 is 0 Å². The van der Waals surface area contributed by atoms with E-state index in [1.165, 1.54) is 0 Å². The molecule has 0 heterocycles. The highest BCUT2D eigenvalue weighted by molar-refractivity contribution is 9.09. The van der Waals surface area contributed by atoms with Gasteiger partial charge in [0.15, 0.2) is 5.78 Å². The molecule has 1 nitrogen and oxygen atoms in total. The van der Waals surface area contributed by atoms with Gasteiger partial charge in [-0.2, -0.15) is 0 Å². The van der Waals surface area contributed by atoms with Gasteiger partial charge in [-0.25, -0.2) is 0 Å². The van der Waals surface area contributed by atoms with E-state index >= 15 is 0 Å². The zero-order valence-electron chi connectivity index (χ0n) is 4.66. The zero-order valence-corrected chi connectivity index (χ0v) is 7.00. The SMILES string of the molecule is CC(Cl)C(=O)CCBr. The van der Waals surface area contributed by atoms with E-state index in [-0.39, 0.29) is 11.2 Å². The number of carbonyl (C=O) groups excluding carboxylic acids is 1. The molecule has 0 fully saturated rings. The van der Waals surface area contributed by atoms with Crippen LogP contribution in [0.5, 0.6) is 0 Å². The lowest BCUT2D eigenvalue weighted by atomic mass is 10.2. The van der Waals surface area contributed by atoms with Crippen LogP contribution in [0.4, 0.5) is 0 Å². The Hall–Kier alpha value is 0.440. The Bertz CT molecular complexity index is 82.5. The highest BCUT2D eigenvalue weighted by Gasteiger charge is 2.06. The summed E-state index contributed by atoms with van der Waals surface area (Å²) in [6, 6.07) is 0. The summed E-state index contributed by atoms with van der Waals surface area (Å²) in [6.07, 6.45) is 0.532. The van der Waals surface area contributed by atoms with Gasteiger partial charge in [0.05, 0.1) is 5.38 Å². The summed E-state index contributed by atoms with van der Waals surface area (Å²) in [5, 5.41) is 0.385. The van der Waals surface area contributed by atoms with Crippen LogP contribution in [0, 0.1) is 0 Å². The lowest BCUT2D eigenvalue weighted by Crippen LogP contribution is -2.09. The highest BCUT2D eigenvalue weighted by atomic mass is 79.9. The molecule has 0 saturated heterocycles. The van der Waals surface area contributed by atoms with Crippen LogP contribution in [0.2, 0.25) is 0 Å². The molecule has 0 bridgehead atoms. The van der Waals surface area contributed by atoms with E-state index in [1.54, 1.807) is 6.92 Å². The number of alkyl halides is 2. The van der Waals surface area contributed by atoms with E-state index in [4.69, 9.17) is 11.6 Å². The molecule has 0 aliphatic carbocycles. The van der Waals surface area contributed by atoms with Gasteiger partial charge in [0.1, 0.15) is 0 Å². The van der Waals surface area contributed by atoms with Gasteiger partial charge in [-0.1, -0.05) is 15.9 Å². The minimum atomic E-state index is -0.326. The molecule has 3 heteroatoms. The van der Waals surface area contributed by atoms with Crippen LogP contribution in [-0.2, 0) is 4.79 Å². The molecule has 0 N–H and O–H groups in total. The number of halogens is 2. The molecule has 0 saturated carbocycles. The van der Waals surface area contributed by atoms with Gasteiger partial charge in [0, 0.05) is 11.8 Å². The molecule has 0 aliphatic heterocycles. The second kappa shape index (κ2) is 4.33. The molecular formula is C5H8BrClO. The molecule has 0 aliphatic rings. The molecule has 0 aromatic carbocycles. The third-order valence-corrected chi connectivity index (χ3v) is 1.42. The van der Waals surface area contributed by atoms with Crippen molar-refractivity contribution >= 4 is 33.3 Å². The lowest BCUT2D eigenvalue weighted by Gasteiger charge is -1.96. The van der Waals surface area contributed by atoms with Gasteiger partial charge in [0.2, 0.25) is 0 Å². The van der Waals surface area contributed by atoms with E-state index in [1.807, 2.05) is 0 Å². The fourth-order valence-corrected chi connectivity index (χ4v) is 0.792. The Kier molecular flexibility index (Phi) is 4.57. The van der Waals surface area contributed by atoms with Crippen LogP contribution < -0.4 is 0 Å². The summed E-state index contributed by atoms with van der Waals surface area (Å²) in [6.45, 7) is 1.69. The number of hydrogen-bond donors (Lipinski definition) is 0. The molecule has 1 atom stereocenters. The van der Waals surface area contributed by atoms with E-state index in [9.17, 15) is 4.79 Å². The second-order valence-electron chi connectivity index (χ2n) is 1.52. The van der Waals surface area contributed by atoms with Crippen LogP contribution in [0.1, 0.15) is 13.3 Å². The first-order valence-corrected chi connectivity index (χ1v) is 3.97. The number of ketones is 1. The van der Waals surface area contributed by atoms with Crippen molar-refractivity contribution in [2.24, 2.45) is 0 Å². The van der Waals surface area contributed by atoms with E-state index in [0.29, 0.717) is 11.8 Å². The highest BCUT2D eigenvalue weighted by Crippen LogP contribution is 2.00. The molecule has 0 rings (SSSR count). The zero-order chi connectivity index (χ0) is 6.57. The summed E-state index contributed by atoms with van der Waals surface area (Å²) in [7, 11) is 0. The first-order valence-electron chi connectivity index (χ1n) is 2.41. The fourth-order valence-electron chi connectivity index (χ4n) is 0.292.